The molecule has 2 aliphatic heterocycles. The van der Waals surface area contributed by atoms with Gasteiger partial charge in [0, 0.05) is 30.6 Å². The summed E-state index contributed by atoms with van der Waals surface area (Å²) in [6.45, 7) is 12.7. The number of allylic oxidation sites excluding steroid dienone is 1. The van der Waals surface area contributed by atoms with E-state index in [4.69, 9.17) is 15.2 Å². The van der Waals surface area contributed by atoms with Crippen LogP contribution in [0.2, 0.25) is 0 Å². The number of Topliss-reactive ketones (excluding diaryl/α,β-unsaturated/α-hetero) is 2. The maximum Gasteiger partial charge on any atom is 0.350 e. The molecule has 266 valence electrons. The lowest BCUT2D eigenvalue weighted by Crippen LogP contribution is -2.94. The Hall–Kier alpha value is -1.65. The summed E-state index contributed by atoms with van der Waals surface area (Å²) in [4.78, 5) is 43.8. The Labute approximate surface area is 282 Å². The smallest absolute Gasteiger partial charge is 0.350 e. The van der Waals surface area contributed by atoms with Crippen molar-refractivity contribution in [3.63, 3.8) is 0 Å². The molecule has 47 heavy (non-hydrogen) atoms. The van der Waals surface area contributed by atoms with E-state index in [0.29, 0.717) is 35.8 Å². The van der Waals surface area contributed by atoms with Gasteiger partial charge < -0.3 is 25.2 Å². The van der Waals surface area contributed by atoms with Gasteiger partial charge in [0.05, 0.1) is 32.3 Å². The number of rotatable bonds is 14. The highest BCUT2D eigenvalue weighted by molar-refractivity contribution is 6.23. The number of hydrogen-bond donors (Lipinski definition) is 4. The number of aliphatic hydroxyl groups excluding tert-OH is 1. The molecule has 2 heterocycles. The topological polar surface area (TPSA) is 152 Å². The molecule has 5 fully saturated rings. The molecule has 0 radical (unpaired) electrons. The van der Waals surface area contributed by atoms with Crippen LogP contribution in [0.5, 0.6) is 0 Å². The van der Waals surface area contributed by atoms with E-state index in [-0.39, 0.29) is 49.2 Å². The first kappa shape index (κ1) is 36.6. The summed E-state index contributed by atoms with van der Waals surface area (Å²) in [5.74, 6) is -0.251. The van der Waals surface area contributed by atoms with Crippen LogP contribution in [0.3, 0.4) is 0 Å². The SMILES string of the molecule is CC[NH2+]C1CCC(CC)CC1COC(=O)C12OC1(CC(CO)=C(C)CCC1CC[NH2+]C(N)C1)C(=O)C1CCCC(CC(C)C)C1C2=O. The van der Waals surface area contributed by atoms with E-state index in [2.05, 4.69) is 38.3 Å². The number of fused-ring (bicyclic) bond motifs is 2. The normalized spacial score (nSPS) is 39.2. The Balaban J connectivity index is 1.41. The number of quaternary nitrogens is 2. The molecular formula is C38H65N3O6+2. The second-order valence-corrected chi connectivity index (χ2v) is 16.4. The van der Waals surface area contributed by atoms with E-state index in [0.717, 1.165) is 82.9 Å². The molecule has 0 amide bonds. The van der Waals surface area contributed by atoms with Gasteiger partial charge in [-0.15, -0.1) is 0 Å². The van der Waals surface area contributed by atoms with Crippen molar-refractivity contribution in [2.45, 2.75) is 141 Å². The van der Waals surface area contributed by atoms with Gasteiger partial charge in [-0.3, -0.25) is 15.3 Å². The van der Waals surface area contributed by atoms with E-state index in [1.165, 1.54) is 6.42 Å². The summed E-state index contributed by atoms with van der Waals surface area (Å²) < 4.78 is 12.5. The van der Waals surface area contributed by atoms with Gasteiger partial charge >= 0.3 is 5.97 Å². The molecule has 10 atom stereocenters. The first-order valence-electron chi connectivity index (χ1n) is 19.2. The van der Waals surface area contributed by atoms with Crippen LogP contribution < -0.4 is 16.4 Å². The van der Waals surface area contributed by atoms with E-state index < -0.39 is 29.0 Å². The predicted molar refractivity (Wildman–Crippen MR) is 180 cm³/mol. The number of nitrogens with two attached hydrogens (primary N) is 3. The Morgan fingerprint density at radius 3 is 2.55 bits per heavy atom. The summed E-state index contributed by atoms with van der Waals surface area (Å²) in [6, 6.07) is 0.378. The Morgan fingerprint density at radius 2 is 1.87 bits per heavy atom. The Morgan fingerprint density at radius 1 is 1.09 bits per heavy atom. The van der Waals surface area contributed by atoms with Gasteiger partial charge in [-0.1, -0.05) is 39.2 Å². The fraction of sp³-hybridized carbons (Fsp3) is 0.868. The molecule has 0 bridgehead atoms. The number of epoxide rings is 1. The third-order valence-corrected chi connectivity index (χ3v) is 12.9. The molecule has 9 heteroatoms. The van der Waals surface area contributed by atoms with Crippen LogP contribution in [0.4, 0.5) is 0 Å². The fourth-order valence-electron chi connectivity index (χ4n) is 10.1. The van der Waals surface area contributed by atoms with Crippen LogP contribution in [-0.2, 0) is 23.9 Å². The summed E-state index contributed by atoms with van der Waals surface area (Å²) in [6.07, 6.45) is 11.7. The van der Waals surface area contributed by atoms with Crippen LogP contribution in [0.1, 0.15) is 118 Å². The van der Waals surface area contributed by atoms with Gasteiger partial charge in [0.25, 0.3) is 5.60 Å². The largest absolute Gasteiger partial charge is 0.463 e. The fourth-order valence-corrected chi connectivity index (χ4v) is 10.1. The molecule has 3 saturated carbocycles. The molecular weight excluding hydrogens is 594 g/mol. The second-order valence-electron chi connectivity index (χ2n) is 16.4. The highest BCUT2D eigenvalue weighted by Crippen LogP contribution is 2.63. The molecule has 5 rings (SSSR count). The van der Waals surface area contributed by atoms with Crippen LogP contribution in [0.25, 0.3) is 0 Å². The zero-order valence-corrected chi connectivity index (χ0v) is 29.9. The summed E-state index contributed by atoms with van der Waals surface area (Å²) >= 11 is 0. The van der Waals surface area contributed by atoms with Crippen LogP contribution >= 0.6 is 0 Å². The van der Waals surface area contributed by atoms with Crippen molar-refractivity contribution in [1.29, 1.82) is 0 Å². The van der Waals surface area contributed by atoms with Gasteiger partial charge in [0.15, 0.2) is 17.2 Å². The lowest BCUT2D eigenvalue weighted by atomic mass is 9.56. The standard InChI is InChI=1S/C38H63N3O6/c1-6-25-13-14-31(40-7-2)28(18-25)22-46-36(45)38-35(44)33-27(17-23(3)4)9-8-10-30(33)34(43)37(38,47-38)20-29(21-42)24(5)11-12-26-15-16-41-32(39)19-26/h23,25-28,30-33,40-42H,6-22,39H2,1-5H3/p+2. The minimum Gasteiger partial charge on any atom is -0.463 e. The molecule has 7 N–H and O–H groups in total. The summed E-state index contributed by atoms with van der Waals surface area (Å²) in [7, 11) is 0. The number of carbonyl (C=O) groups excluding carboxylic acids is 3. The minimum absolute atomic E-state index is 0.0537. The number of esters is 1. The first-order chi connectivity index (χ1) is 22.5. The van der Waals surface area contributed by atoms with Gasteiger partial charge in [0.1, 0.15) is 6.17 Å². The lowest BCUT2D eigenvalue weighted by molar-refractivity contribution is -0.699. The van der Waals surface area contributed by atoms with Gasteiger partial charge in [0.2, 0.25) is 0 Å². The third kappa shape index (κ3) is 7.30. The maximum atomic E-state index is 14.7. The van der Waals surface area contributed by atoms with Crippen LogP contribution in [0.15, 0.2) is 11.1 Å². The molecule has 9 nitrogen and oxygen atoms in total. The van der Waals surface area contributed by atoms with Gasteiger partial charge in [-0.25, -0.2) is 4.79 Å². The molecule has 0 aromatic carbocycles. The van der Waals surface area contributed by atoms with Crippen molar-refractivity contribution in [2.75, 3.05) is 26.3 Å². The predicted octanol–water partition coefficient (Wildman–Crippen LogP) is 2.78. The molecule has 3 aliphatic carbocycles. The summed E-state index contributed by atoms with van der Waals surface area (Å²) in [5, 5.41) is 15.2. The third-order valence-electron chi connectivity index (χ3n) is 12.9. The van der Waals surface area contributed by atoms with Crippen molar-refractivity contribution < 1.29 is 39.6 Å². The van der Waals surface area contributed by atoms with Crippen molar-refractivity contribution in [1.82, 2.24) is 0 Å². The number of ether oxygens (including phenoxy) is 2. The quantitative estimate of drug-likeness (QED) is 0.0969. The lowest BCUT2D eigenvalue weighted by Gasteiger charge is -2.42. The van der Waals surface area contributed by atoms with E-state index in [1.54, 1.807) is 0 Å². The molecule has 2 saturated heterocycles. The zero-order chi connectivity index (χ0) is 33.9. The number of aliphatic hydroxyl groups is 1. The number of carbonyl (C=O) groups is 3. The molecule has 0 aromatic heterocycles. The molecule has 0 aromatic rings. The maximum absolute atomic E-state index is 14.7. The molecule has 5 aliphatic rings. The monoisotopic (exact) mass is 659 g/mol. The first-order valence-corrected chi connectivity index (χ1v) is 19.2. The average molecular weight is 660 g/mol. The van der Waals surface area contributed by atoms with Crippen molar-refractivity contribution in [2.24, 2.45) is 47.2 Å². The molecule has 0 spiro atoms. The average Bonchev–Trinajstić information content (AvgIpc) is 3.76. The number of ketones is 2. The van der Waals surface area contributed by atoms with E-state index >= 15 is 0 Å². The van der Waals surface area contributed by atoms with Crippen LogP contribution in [-0.4, -0.2) is 72.4 Å². The van der Waals surface area contributed by atoms with Crippen molar-refractivity contribution >= 4 is 17.5 Å². The highest BCUT2D eigenvalue weighted by Gasteiger charge is 2.87. The highest BCUT2D eigenvalue weighted by atomic mass is 16.7. The Kier molecular flexibility index (Phi) is 12.1. The van der Waals surface area contributed by atoms with Crippen molar-refractivity contribution in [3.8, 4) is 0 Å². The van der Waals surface area contributed by atoms with E-state index in [1.807, 2.05) is 6.92 Å². The number of hydrogen-bond acceptors (Lipinski definition) is 7. The second kappa shape index (κ2) is 15.5. The molecule has 10 unspecified atom stereocenters. The van der Waals surface area contributed by atoms with Crippen LogP contribution in [0, 0.1) is 41.4 Å². The minimum atomic E-state index is -1.91. The zero-order valence-electron chi connectivity index (χ0n) is 29.9. The van der Waals surface area contributed by atoms with E-state index in [9.17, 15) is 19.5 Å². The van der Waals surface area contributed by atoms with Crippen molar-refractivity contribution in [3.05, 3.63) is 11.1 Å². The summed E-state index contributed by atoms with van der Waals surface area (Å²) in [5.41, 5.74) is 4.41. The Bertz CT molecular complexity index is 1170. The number of piperidine rings is 1. The van der Waals surface area contributed by atoms with Gasteiger partial charge in [-0.05, 0) is 101 Å². The van der Waals surface area contributed by atoms with Gasteiger partial charge in [-0.2, -0.15) is 0 Å².